The van der Waals surface area contributed by atoms with Crippen molar-refractivity contribution in [1.82, 2.24) is 10.2 Å². The quantitative estimate of drug-likeness (QED) is 0.764. The second-order valence-electron chi connectivity index (χ2n) is 4.78. The number of thioether (sulfide) groups is 1. The first kappa shape index (κ1) is 18.1. The number of amides is 1. The van der Waals surface area contributed by atoms with Gasteiger partial charge in [-0.1, -0.05) is 13.3 Å². The third-order valence-corrected chi connectivity index (χ3v) is 4.58. The van der Waals surface area contributed by atoms with Crippen LogP contribution in [0.15, 0.2) is 0 Å². The summed E-state index contributed by atoms with van der Waals surface area (Å²) in [5, 5.41) is 3.40. The van der Waals surface area contributed by atoms with Gasteiger partial charge < -0.3 is 10.2 Å². The Morgan fingerprint density at radius 2 is 2.28 bits per heavy atom. The maximum absolute atomic E-state index is 12.2. The molecular weight excluding hydrogens is 268 g/mol. The van der Waals surface area contributed by atoms with Crippen molar-refractivity contribution in [2.24, 2.45) is 0 Å². The van der Waals surface area contributed by atoms with Crippen molar-refractivity contribution in [2.45, 2.75) is 50.8 Å². The van der Waals surface area contributed by atoms with Crippen LogP contribution in [0.5, 0.6) is 0 Å². The van der Waals surface area contributed by atoms with E-state index in [4.69, 9.17) is 0 Å². The zero-order chi connectivity index (χ0) is 12.7. The molecule has 0 aromatic rings. The van der Waals surface area contributed by atoms with E-state index in [-0.39, 0.29) is 17.7 Å². The summed E-state index contributed by atoms with van der Waals surface area (Å²) in [4.78, 5) is 14.3. The summed E-state index contributed by atoms with van der Waals surface area (Å²) in [6.07, 6.45) is 4.74. The number of likely N-dealkylation sites (tertiary alicyclic amines) is 1. The van der Waals surface area contributed by atoms with Crippen LogP contribution in [0.25, 0.3) is 0 Å². The molecule has 2 atom stereocenters. The largest absolute Gasteiger partial charge is 0.340 e. The van der Waals surface area contributed by atoms with Crippen molar-refractivity contribution in [2.75, 3.05) is 25.9 Å². The molecule has 0 aliphatic carbocycles. The Morgan fingerprint density at radius 1 is 1.56 bits per heavy atom. The van der Waals surface area contributed by atoms with E-state index >= 15 is 0 Å². The minimum atomic E-state index is 0. The average Bonchev–Trinajstić information content (AvgIpc) is 2.38. The SMILES string of the molecule is CCCCSC(C)C(=O)N1CCCC(NC)C1.Cl. The number of nitrogens with zero attached hydrogens (tertiary/aromatic N) is 1. The van der Waals surface area contributed by atoms with Gasteiger partial charge in [-0.2, -0.15) is 0 Å². The Hall–Kier alpha value is 0.0700. The number of likely N-dealkylation sites (N-methyl/N-ethyl adjacent to an activating group) is 1. The summed E-state index contributed by atoms with van der Waals surface area (Å²) in [5.74, 6) is 1.43. The molecule has 1 saturated heterocycles. The first-order valence-corrected chi connectivity index (χ1v) is 7.81. The van der Waals surface area contributed by atoms with Gasteiger partial charge in [0.1, 0.15) is 0 Å². The van der Waals surface area contributed by atoms with E-state index in [2.05, 4.69) is 12.2 Å². The van der Waals surface area contributed by atoms with Gasteiger partial charge in [-0.25, -0.2) is 0 Å². The Kier molecular flexibility index (Phi) is 9.97. The van der Waals surface area contributed by atoms with Gasteiger partial charge >= 0.3 is 0 Å². The van der Waals surface area contributed by atoms with Crippen LogP contribution < -0.4 is 5.32 Å². The Labute approximate surface area is 122 Å². The summed E-state index contributed by atoms with van der Waals surface area (Å²) in [7, 11) is 1.98. The molecule has 2 unspecified atom stereocenters. The second kappa shape index (κ2) is 9.93. The number of carbonyl (C=O) groups excluding carboxylic acids is 1. The number of hydrogen-bond acceptors (Lipinski definition) is 3. The third kappa shape index (κ3) is 5.81. The highest BCUT2D eigenvalue weighted by atomic mass is 35.5. The molecule has 1 aliphatic rings. The average molecular weight is 295 g/mol. The monoisotopic (exact) mass is 294 g/mol. The molecule has 0 saturated carbocycles. The van der Waals surface area contributed by atoms with Crippen molar-refractivity contribution in [3.8, 4) is 0 Å². The van der Waals surface area contributed by atoms with Crippen LogP contribution in [0.4, 0.5) is 0 Å². The van der Waals surface area contributed by atoms with E-state index in [0.29, 0.717) is 11.9 Å². The minimum absolute atomic E-state index is 0. The molecule has 1 heterocycles. The number of halogens is 1. The van der Waals surface area contributed by atoms with Gasteiger partial charge in [0.25, 0.3) is 0 Å². The fourth-order valence-electron chi connectivity index (χ4n) is 2.15. The molecular formula is C13H27ClN2OS. The molecule has 18 heavy (non-hydrogen) atoms. The summed E-state index contributed by atoms with van der Waals surface area (Å²) in [6, 6.07) is 0.487. The first-order chi connectivity index (χ1) is 8.19. The first-order valence-electron chi connectivity index (χ1n) is 6.76. The van der Waals surface area contributed by atoms with E-state index in [1.54, 1.807) is 11.8 Å². The van der Waals surface area contributed by atoms with Gasteiger partial charge in [-0.05, 0) is 39.0 Å². The van der Waals surface area contributed by atoms with Gasteiger partial charge in [0.2, 0.25) is 5.91 Å². The molecule has 0 bridgehead atoms. The minimum Gasteiger partial charge on any atom is -0.340 e. The van der Waals surface area contributed by atoms with Crippen molar-refractivity contribution < 1.29 is 4.79 Å². The predicted octanol–water partition coefficient (Wildman–Crippen LogP) is 2.54. The van der Waals surface area contributed by atoms with Crippen LogP contribution in [-0.2, 0) is 4.79 Å². The van der Waals surface area contributed by atoms with Crippen LogP contribution in [0.3, 0.4) is 0 Å². The molecule has 0 spiro atoms. The van der Waals surface area contributed by atoms with Crippen molar-refractivity contribution in [3.05, 3.63) is 0 Å². The fraction of sp³-hybridized carbons (Fsp3) is 0.923. The van der Waals surface area contributed by atoms with Crippen molar-refractivity contribution in [1.29, 1.82) is 0 Å². The van der Waals surface area contributed by atoms with Crippen LogP contribution in [0.2, 0.25) is 0 Å². The van der Waals surface area contributed by atoms with Crippen LogP contribution >= 0.6 is 24.2 Å². The summed E-state index contributed by atoms with van der Waals surface area (Å²) < 4.78 is 0. The maximum Gasteiger partial charge on any atom is 0.235 e. The molecule has 1 fully saturated rings. The van der Waals surface area contributed by atoms with E-state index in [1.165, 1.54) is 19.3 Å². The highest BCUT2D eigenvalue weighted by molar-refractivity contribution is 8.00. The van der Waals surface area contributed by atoms with E-state index in [1.807, 2.05) is 18.9 Å². The molecule has 3 nitrogen and oxygen atoms in total. The molecule has 1 amide bonds. The topological polar surface area (TPSA) is 32.3 Å². The molecule has 1 rings (SSSR count). The molecule has 1 N–H and O–H groups in total. The standard InChI is InChI=1S/C13H26N2OS.ClH/c1-4-5-9-17-11(2)13(16)15-8-6-7-12(10-15)14-3;/h11-12,14H,4-10H2,1-3H3;1H. The molecule has 0 aromatic carbocycles. The smallest absolute Gasteiger partial charge is 0.235 e. The Bertz CT molecular complexity index is 241. The van der Waals surface area contributed by atoms with Gasteiger partial charge in [-0.3, -0.25) is 4.79 Å². The van der Waals surface area contributed by atoms with Gasteiger partial charge in [-0.15, -0.1) is 24.2 Å². The zero-order valence-corrected chi connectivity index (χ0v) is 13.4. The summed E-state index contributed by atoms with van der Waals surface area (Å²) in [6.45, 7) is 6.06. The Morgan fingerprint density at radius 3 is 2.89 bits per heavy atom. The molecule has 0 aromatic heterocycles. The lowest BCUT2D eigenvalue weighted by atomic mass is 10.1. The zero-order valence-electron chi connectivity index (χ0n) is 11.8. The highest BCUT2D eigenvalue weighted by Gasteiger charge is 2.25. The lowest BCUT2D eigenvalue weighted by Gasteiger charge is -2.34. The molecule has 5 heteroatoms. The Balaban J connectivity index is 0.00000289. The third-order valence-electron chi connectivity index (χ3n) is 3.35. The lowest BCUT2D eigenvalue weighted by molar-refractivity contribution is -0.131. The number of rotatable bonds is 6. The fourth-order valence-corrected chi connectivity index (χ4v) is 3.25. The number of piperidine rings is 1. The van der Waals surface area contributed by atoms with Gasteiger partial charge in [0.05, 0.1) is 5.25 Å². The second-order valence-corrected chi connectivity index (χ2v) is 6.23. The normalized spacial score (nSPS) is 21.3. The van der Waals surface area contributed by atoms with Crippen molar-refractivity contribution in [3.63, 3.8) is 0 Å². The van der Waals surface area contributed by atoms with E-state index in [0.717, 1.165) is 25.3 Å². The summed E-state index contributed by atoms with van der Waals surface area (Å²) in [5.41, 5.74) is 0. The number of hydrogen-bond donors (Lipinski definition) is 1. The number of carbonyl (C=O) groups is 1. The van der Waals surface area contributed by atoms with Crippen molar-refractivity contribution >= 4 is 30.1 Å². The van der Waals surface area contributed by atoms with Crippen LogP contribution in [0.1, 0.15) is 39.5 Å². The highest BCUT2D eigenvalue weighted by Crippen LogP contribution is 2.18. The van der Waals surface area contributed by atoms with E-state index in [9.17, 15) is 4.79 Å². The van der Waals surface area contributed by atoms with Crippen LogP contribution in [-0.4, -0.2) is 48.0 Å². The molecule has 108 valence electrons. The van der Waals surface area contributed by atoms with Gasteiger partial charge in [0.15, 0.2) is 0 Å². The number of nitrogens with one attached hydrogen (secondary N) is 1. The van der Waals surface area contributed by atoms with Gasteiger partial charge in [0, 0.05) is 19.1 Å². The lowest BCUT2D eigenvalue weighted by Crippen LogP contribution is -2.49. The predicted molar refractivity (Wildman–Crippen MR) is 82.7 cm³/mol. The van der Waals surface area contributed by atoms with Crippen LogP contribution in [0, 0.1) is 0 Å². The summed E-state index contributed by atoms with van der Waals surface area (Å²) >= 11 is 1.80. The number of unbranched alkanes of at least 4 members (excludes halogenated alkanes) is 1. The maximum atomic E-state index is 12.2. The molecule has 0 radical (unpaired) electrons. The molecule has 1 aliphatic heterocycles. The van der Waals surface area contributed by atoms with E-state index < -0.39 is 0 Å².